The second-order valence-corrected chi connectivity index (χ2v) is 8.27. The van der Waals surface area contributed by atoms with Gasteiger partial charge in [0.05, 0.1) is 24.5 Å². The smallest absolute Gasteiger partial charge is 0.145 e. The van der Waals surface area contributed by atoms with E-state index in [2.05, 4.69) is 5.16 Å². The second-order valence-electron chi connectivity index (χ2n) is 7.84. The van der Waals surface area contributed by atoms with Crippen LogP contribution in [0.15, 0.2) is 53.7 Å². The first kappa shape index (κ1) is 22.7. The van der Waals surface area contributed by atoms with E-state index < -0.39 is 6.10 Å². The summed E-state index contributed by atoms with van der Waals surface area (Å²) < 4.78 is 19.1. The molecule has 7 heteroatoms. The molecule has 30 heavy (non-hydrogen) atoms. The Balaban J connectivity index is 1.62. The van der Waals surface area contributed by atoms with Crippen molar-refractivity contribution in [2.45, 2.75) is 45.1 Å². The Labute approximate surface area is 182 Å². The van der Waals surface area contributed by atoms with Crippen molar-refractivity contribution in [3.8, 4) is 0 Å². The third kappa shape index (κ3) is 7.06. The second kappa shape index (κ2) is 10.9. The standard InChI is InChI=1S/C23H28ClFN2O3/c1-16(2)29-15-21(28)13-27(12-17-4-3-5-20(25)10-17)14-22-11-23(26-30-22)18-6-8-19(24)9-7-18/h3-10,16,21-22,28H,11-15H2,1-2H3/t21-,22+/m1/s1. The van der Waals surface area contributed by atoms with Gasteiger partial charge in [-0.25, -0.2) is 4.39 Å². The molecule has 2 aromatic rings. The Hall–Kier alpha value is -1.99. The molecule has 1 N–H and O–H groups in total. The summed E-state index contributed by atoms with van der Waals surface area (Å²) in [7, 11) is 0. The van der Waals surface area contributed by atoms with Crippen LogP contribution in [0.3, 0.4) is 0 Å². The lowest BCUT2D eigenvalue weighted by atomic mass is 10.0. The maximum atomic E-state index is 13.6. The van der Waals surface area contributed by atoms with Crippen molar-refractivity contribution in [3.05, 3.63) is 70.5 Å². The zero-order valence-electron chi connectivity index (χ0n) is 17.3. The highest BCUT2D eigenvalue weighted by atomic mass is 35.5. The van der Waals surface area contributed by atoms with Gasteiger partial charge < -0.3 is 14.7 Å². The number of nitrogens with zero attached hydrogens (tertiary/aromatic N) is 2. The van der Waals surface area contributed by atoms with Crippen LogP contribution in [0.5, 0.6) is 0 Å². The van der Waals surface area contributed by atoms with E-state index in [1.165, 1.54) is 12.1 Å². The van der Waals surface area contributed by atoms with Crippen LogP contribution in [-0.2, 0) is 16.1 Å². The molecule has 1 aliphatic heterocycles. The molecule has 0 bridgehead atoms. The first-order valence-electron chi connectivity index (χ1n) is 10.1. The summed E-state index contributed by atoms with van der Waals surface area (Å²) in [5.41, 5.74) is 2.68. The molecule has 0 aliphatic carbocycles. The molecular weight excluding hydrogens is 407 g/mol. The molecule has 0 amide bonds. The molecule has 0 spiro atoms. The maximum absolute atomic E-state index is 13.6. The SMILES string of the molecule is CC(C)OC[C@H](O)CN(Cc1cccc(F)c1)C[C@@H]1CC(c2ccc(Cl)cc2)=NO1. The molecule has 0 fully saturated rings. The Morgan fingerprint density at radius 1 is 1.27 bits per heavy atom. The summed E-state index contributed by atoms with van der Waals surface area (Å²) >= 11 is 5.96. The van der Waals surface area contributed by atoms with E-state index >= 15 is 0 Å². The van der Waals surface area contributed by atoms with Crippen molar-refractivity contribution in [3.63, 3.8) is 0 Å². The fourth-order valence-electron chi connectivity index (χ4n) is 3.38. The van der Waals surface area contributed by atoms with E-state index in [4.69, 9.17) is 21.2 Å². The van der Waals surface area contributed by atoms with Crippen LogP contribution in [0, 0.1) is 5.82 Å². The van der Waals surface area contributed by atoms with Crippen molar-refractivity contribution in [2.75, 3.05) is 19.7 Å². The predicted molar refractivity (Wildman–Crippen MR) is 116 cm³/mol. The van der Waals surface area contributed by atoms with Gasteiger partial charge in [-0.1, -0.05) is 41.0 Å². The molecular formula is C23H28ClFN2O3. The lowest BCUT2D eigenvalue weighted by molar-refractivity contribution is -0.0194. The van der Waals surface area contributed by atoms with Crippen LogP contribution in [0.1, 0.15) is 31.4 Å². The van der Waals surface area contributed by atoms with Crippen molar-refractivity contribution < 1.29 is 19.1 Å². The fraction of sp³-hybridized carbons (Fsp3) is 0.435. The minimum Gasteiger partial charge on any atom is -0.390 e. The number of ether oxygens (including phenoxy) is 1. The summed E-state index contributed by atoms with van der Waals surface area (Å²) in [6.45, 7) is 5.54. The Morgan fingerprint density at radius 3 is 2.73 bits per heavy atom. The maximum Gasteiger partial charge on any atom is 0.145 e. The summed E-state index contributed by atoms with van der Waals surface area (Å²) in [4.78, 5) is 7.70. The molecule has 5 nitrogen and oxygen atoms in total. The highest BCUT2D eigenvalue weighted by Gasteiger charge is 2.26. The van der Waals surface area contributed by atoms with Gasteiger partial charge in [0.25, 0.3) is 0 Å². The molecule has 2 aromatic carbocycles. The van der Waals surface area contributed by atoms with Gasteiger partial charge in [0.2, 0.25) is 0 Å². The van der Waals surface area contributed by atoms with Crippen LogP contribution in [0.25, 0.3) is 0 Å². The van der Waals surface area contributed by atoms with Gasteiger partial charge in [-0.2, -0.15) is 0 Å². The average Bonchev–Trinajstić information content (AvgIpc) is 3.15. The summed E-state index contributed by atoms with van der Waals surface area (Å²) in [6.07, 6.45) is -0.105. The summed E-state index contributed by atoms with van der Waals surface area (Å²) in [5.74, 6) is -0.276. The first-order valence-corrected chi connectivity index (χ1v) is 10.5. The van der Waals surface area contributed by atoms with Crippen LogP contribution in [0.4, 0.5) is 4.39 Å². The monoisotopic (exact) mass is 434 g/mol. The van der Waals surface area contributed by atoms with E-state index in [0.717, 1.165) is 16.8 Å². The highest BCUT2D eigenvalue weighted by molar-refractivity contribution is 6.30. The van der Waals surface area contributed by atoms with Crippen LogP contribution in [-0.4, -0.2) is 53.7 Å². The zero-order valence-corrected chi connectivity index (χ0v) is 18.1. The van der Waals surface area contributed by atoms with Gasteiger partial charge in [-0.15, -0.1) is 0 Å². The third-order valence-electron chi connectivity index (χ3n) is 4.76. The third-order valence-corrected chi connectivity index (χ3v) is 5.01. The van der Waals surface area contributed by atoms with Crippen molar-refractivity contribution in [1.29, 1.82) is 0 Å². The van der Waals surface area contributed by atoms with Crippen molar-refractivity contribution in [2.24, 2.45) is 5.16 Å². The van der Waals surface area contributed by atoms with E-state index in [-0.39, 0.29) is 24.6 Å². The number of hydrogen-bond acceptors (Lipinski definition) is 5. The molecule has 162 valence electrons. The van der Waals surface area contributed by atoms with E-state index in [1.54, 1.807) is 6.07 Å². The largest absolute Gasteiger partial charge is 0.390 e. The molecule has 3 rings (SSSR count). The van der Waals surface area contributed by atoms with Gasteiger partial charge >= 0.3 is 0 Å². The lowest BCUT2D eigenvalue weighted by Crippen LogP contribution is -2.39. The van der Waals surface area contributed by atoms with E-state index in [0.29, 0.717) is 31.1 Å². The quantitative estimate of drug-likeness (QED) is 0.607. The van der Waals surface area contributed by atoms with Gasteiger partial charge in [0, 0.05) is 31.1 Å². The number of halogens is 2. The van der Waals surface area contributed by atoms with Crippen LogP contribution < -0.4 is 0 Å². The van der Waals surface area contributed by atoms with E-state index in [1.807, 2.05) is 49.1 Å². The summed E-state index contributed by atoms with van der Waals surface area (Å²) in [5, 5.41) is 15.3. The number of oxime groups is 1. The number of hydrogen-bond donors (Lipinski definition) is 1. The fourth-order valence-corrected chi connectivity index (χ4v) is 3.50. The first-order chi connectivity index (χ1) is 14.4. The number of aliphatic hydroxyl groups is 1. The normalized spacial score (nSPS) is 17.3. The summed E-state index contributed by atoms with van der Waals surface area (Å²) in [6, 6.07) is 14.0. The van der Waals surface area contributed by atoms with Crippen LogP contribution >= 0.6 is 11.6 Å². The molecule has 1 heterocycles. The Morgan fingerprint density at radius 2 is 2.03 bits per heavy atom. The molecule has 2 atom stereocenters. The average molecular weight is 435 g/mol. The predicted octanol–water partition coefficient (Wildman–Crippen LogP) is 4.26. The minimum absolute atomic E-state index is 0.0461. The molecule has 0 saturated carbocycles. The highest BCUT2D eigenvalue weighted by Crippen LogP contribution is 2.20. The van der Waals surface area contributed by atoms with Gasteiger partial charge in [-0.05, 0) is 49.2 Å². The molecule has 0 saturated heterocycles. The zero-order chi connectivity index (χ0) is 21.5. The Bertz CT molecular complexity index is 845. The van der Waals surface area contributed by atoms with Crippen LogP contribution in [0.2, 0.25) is 5.02 Å². The minimum atomic E-state index is -0.654. The number of benzene rings is 2. The topological polar surface area (TPSA) is 54.3 Å². The van der Waals surface area contributed by atoms with Crippen molar-refractivity contribution >= 4 is 17.3 Å². The lowest BCUT2D eigenvalue weighted by Gasteiger charge is -2.27. The molecule has 0 unspecified atom stereocenters. The van der Waals surface area contributed by atoms with Gasteiger partial charge in [0.1, 0.15) is 11.9 Å². The number of rotatable bonds is 10. The molecule has 1 aliphatic rings. The van der Waals surface area contributed by atoms with E-state index in [9.17, 15) is 9.50 Å². The molecule has 0 radical (unpaired) electrons. The van der Waals surface area contributed by atoms with Gasteiger partial charge in [-0.3, -0.25) is 4.90 Å². The number of aliphatic hydroxyl groups excluding tert-OH is 1. The molecule has 0 aromatic heterocycles. The Kier molecular flexibility index (Phi) is 8.22. The van der Waals surface area contributed by atoms with Crippen molar-refractivity contribution in [1.82, 2.24) is 4.90 Å². The van der Waals surface area contributed by atoms with Gasteiger partial charge in [0.15, 0.2) is 0 Å².